The molecule has 1 N–H and O–H groups in total. The van der Waals surface area contributed by atoms with Crippen molar-refractivity contribution in [3.63, 3.8) is 0 Å². The van der Waals surface area contributed by atoms with Crippen molar-refractivity contribution >= 4 is 5.91 Å². The lowest BCUT2D eigenvalue weighted by Gasteiger charge is -2.15. The van der Waals surface area contributed by atoms with Crippen LogP contribution in [-0.4, -0.2) is 29.4 Å². The minimum Gasteiger partial charge on any atom is -0.497 e. The van der Waals surface area contributed by atoms with E-state index in [0.717, 1.165) is 34.9 Å². The first-order valence-corrected chi connectivity index (χ1v) is 9.78. The Labute approximate surface area is 171 Å². The summed E-state index contributed by atoms with van der Waals surface area (Å²) in [5, 5.41) is 7.35. The van der Waals surface area contributed by atoms with Gasteiger partial charge in [0.15, 0.2) is 6.61 Å². The number of aromatic nitrogens is 2. The van der Waals surface area contributed by atoms with Gasteiger partial charge in [-0.3, -0.25) is 4.79 Å². The van der Waals surface area contributed by atoms with Gasteiger partial charge in [0, 0.05) is 6.20 Å². The molecule has 0 saturated carbocycles. The second-order valence-electron chi connectivity index (χ2n) is 6.86. The van der Waals surface area contributed by atoms with Gasteiger partial charge in [0.1, 0.15) is 11.5 Å². The minimum absolute atomic E-state index is 0.0212. The van der Waals surface area contributed by atoms with Crippen LogP contribution in [0.4, 0.5) is 0 Å². The number of carbonyl (C=O) groups is 1. The third-order valence-electron chi connectivity index (χ3n) is 4.87. The Balaban J connectivity index is 1.52. The molecule has 0 spiro atoms. The molecule has 6 nitrogen and oxygen atoms in total. The molecule has 1 heterocycles. The number of carbonyl (C=O) groups excluding carboxylic acids is 1. The lowest BCUT2D eigenvalue weighted by atomic mass is 9.98. The van der Waals surface area contributed by atoms with Gasteiger partial charge in [-0.15, -0.1) is 0 Å². The second kappa shape index (κ2) is 9.78. The van der Waals surface area contributed by atoms with E-state index in [1.54, 1.807) is 11.8 Å². The predicted octanol–water partition coefficient (Wildman–Crippen LogP) is 4.09. The molecule has 0 aliphatic rings. The van der Waals surface area contributed by atoms with Crippen LogP contribution < -0.4 is 14.8 Å². The van der Waals surface area contributed by atoms with E-state index in [2.05, 4.69) is 24.3 Å². The topological polar surface area (TPSA) is 65.4 Å². The van der Waals surface area contributed by atoms with E-state index in [9.17, 15) is 4.79 Å². The van der Waals surface area contributed by atoms with Crippen LogP contribution in [0, 0.1) is 0 Å². The van der Waals surface area contributed by atoms with Gasteiger partial charge < -0.3 is 14.8 Å². The first kappa shape index (κ1) is 20.5. The molecule has 1 amide bonds. The van der Waals surface area contributed by atoms with Gasteiger partial charge in [0.2, 0.25) is 0 Å². The Morgan fingerprint density at radius 1 is 1.14 bits per heavy atom. The number of hydrogen-bond donors (Lipinski definition) is 1. The fraction of sp³-hybridized carbons (Fsp3) is 0.304. The van der Waals surface area contributed by atoms with Crippen molar-refractivity contribution in [1.82, 2.24) is 15.1 Å². The Morgan fingerprint density at radius 3 is 2.62 bits per heavy atom. The SMILES string of the molecule is CCC(C)c1ccccc1OCC(=O)NCc1ccn(-c2ccc(OC)cc2)n1. The van der Waals surface area contributed by atoms with E-state index < -0.39 is 0 Å². The lowest BCUT2D eigenvalue weighted by Crippen LogP contribution is -2.28. The normalized spacial score (nSPS) is 11.7. The summed E-state index contributed by atoms with van der Waals surface area (Å²) in [5.74, 6) is 1.77. The zero-order valence-corrected chi connectivity index (χ0v) is 17.1. The van der Waals surface area contributed by atoms with Crippen LogP contribution in [0.5, 0.6) is 11.5 Å². The maximum absolute atomic E-state index is 12.2. The molecule has 2 aromatic carbocycles. The zero-order valence-electron chi connectivity index (χ0n) is 17.1. The van der Waals surface area contributed by atoms with Gasteiger partial charge >= 0.3 is 0 Å². The average molecular weight is 393 g/mol. The predicted molar refractivity (Wildman–Crippen MR) is 113 cm³/mol. The molecular weight excluding hydrogens is 366 g/mol. The summed E-state index contributed by atoms with van der Waals surface area (Å²) < 4.78 is 12.7. The van der Waals surface area contributed by atoms with Crippen molar-refractivity contribution in [1.29, 1.82) is 0 Å². The monoisotopic (exact) mass is 393 g/mol. The number of methoxy groups -OCH3 is 1. The number of hydrogen-bond acceptors (Lipinski definition) is 4. The zero-order chi connectivity index (χ0) is 20.6. The smallest absolute Gasteiger partial charge is 0.258 e. The second-order valence-corrected chi connectivity index (χ2v) is 6.86. The van der Waals surface area contributed by atoms with E-state index in [4.69, 9.17) is 9.47 Å². The highest BCUT2D eigenvalue weighted by Gasteiger charge is 2.11. The van der Waals surface area contributed by atoms with Crippen molar-refractivity contribution in [2.24, 2.45) is 0 Å². The fourth-order valence-corrected chi connectivity index (χ4v) is 2.96. The molecule has 1 atom stereocenters. The van der Waals surface area contributed by atoms with E-state index in [-0.39, 0.29) is 12.5 Å². The highest BCUT2D eigenvalue weighted by molar-refractivity contribution is 5.77. The number of rotatable bonds is 9. The van der Waals surface area contributed by atoms with Gasteiger partial charge in [-0.05, 0) is 54.3 Å². The Kier molecular flexibility index (Phi) is 6.89. The van der Waals surface area contributed by atoms with E-state index in [1.807, 2.05) is 60.8 Å². The van der Waals surface area contributed by atoms with E-state index >= 15 is 0 Å². The van der Waals surface area contributed by atoms with E-state index in [1.165, 1.54) is 0 Å². The number of benzene rings is 2. The van der Waals surface area contributed by atoms with Crippen molar-refractivity contribution in [3.8, 4) is 17.2 Å². The van der Waals surface area contributed by atoms with Crippen molar-refractivity contribution in [2.75, 3.05) is 13.7 Å². The maximum Gasteiger partial charge on any atom is 0.258 e. The van der Waals surface area contributed by atoms with Crippen LogP contribution in [0.2, 0.25) is 0 Å². The van der Waals surface area contributed by atoms with Crippen LogP contribution in [0.1, 0.15) is 37.4 Å². The average Bonchev–Trinajstić information content (AvgIpc) is 3.25. The Morgan fingerprint density at radius 2 is 1.90 bits per heavy atom. The third kappa shape index (κ3) is 5.38. The van der Waals surface area contributed by atoms with Gasteiger partial charge in [-0.1, -0.05) is 32.0 Å². The molecule has 6 heteroatoms. The van der Waals surface area contributed by atoms with Crippen molar-refractivity contribution in [2.45, 2.75) is 32.7 Å². The maximum atomic E-state index is 12.2. The lowest BCUT2D eigenvalue weighted by molar-refractivity contribution is -0.123. The molecule has 1 unspecified atom stereocenters. The van der Waals surface area contributed by atoms with Gasteiger partial charge in [-0.2, -0.15) is 5.10 Å². The largest absolute Gasteiger partial charge is 0.497 e. The highest BCUT2D eigenvalue weighted by atomic mass is 16.5. The van der Waals surface area contributed by atoms with Crippen LogP contribution in [0.25, 0.3) is 5.69 Å². The van der Waals surface area contributed by atoms with Gasteiger partial charge in [0.25, 0.3) is 5.91 Å². The molecule has 29 heavy (non-hydrogen) atoms. The standard InChI is InChI=1S/C23H27N3O3/c1-4-17(2)21-7-5-6-8-22(21)29-16-23(27)24-15-18-13-14-26(25-18)19-9-11-20(28-3)12-10-19/h5-14,17H,4,15-16H2,1-3H3,(H,24,27). The summed E-state index contributed by atoms with van der Waals surface area (Å²) in [6.45, 7) is 4.62. The first-order chi connectivity index (χ1) is 14.1. The molecule has 0 radical (unpaired) electrons. The fourth-order valence-electron chi connectivity index (χ4n) is 2.96. The molecule has 1 aromatic heterocycles. The summed E-state index contributed by atoms with van der Waals surface area (Å²) in [6, 6.07) is 17.4. The molecule has 0 aliphatic heterocycles. The number of amides is 1. The summed E-state index contributed by atoms with van der Waals surface area (Å²) in [6.07, 6.45) is 2.88. The Bertz CT molecular complexity index is 935. The first-order valence-electron chi connectivity index (χ1n) is 9.78. The highest BCUT2D eigenvalue weighted by Crippen LogP contribution is 2.28. The summed E-state index contributed by atoms with van der Waals surface area (Å²) >= 11 is 0. The summed E-state index contributed by atoms with van der Waals surface area (Å²) in [4.78, 5) is 12.2. The van der Waals surface area contributed by atoms with Crippen molar-refractivity contribution in [3.05, 3.63) is 72.1 Å². The number of ether oxygens (including phenoxy) is 2. The van der Waals surface area contributed by atoms with Crippen LogP contribution in [0.3, 0.4) is 0 Å². The third-order valence-corrected chi connectivity index (χ3v) is 4.87. The number of nitrogens with one attached hydrogen (secondary N) is 1. The molecule has 3 rings (SSSR count). The minimum atomic E-state index is -0.178. The van der Waals surface area contributed by atoms with Crippen LogP contribution in [0.15, 0.2) is 60.8 Å². The number of nitrogens with zero attached hydrogens (tertiary/aromatic N) is 2. The quantitative estimate of drug-likeness (QED) is 0.595. The van der Waals surface area contributed by atoms with E-state index in [0.29, 0.717) is 12.5 Å². The molecule has 152 valence electrons. The molecule has 0 fully saturated rings. The Hall–Kier alpha value is -3.28. The van der Waals surface area contributed by atoms with Crippen LogP contribution >= 0.6 is 0 Å². The summed E-state index contributed by atoms with van der Waals surface area (Å²) in [7, 11) is 1.64. The molecule has 0 bridgehead atoms. The van der Waals surface area contributed by atoms with Crippen molar-refractivity contribution < 1.29 is 14.3 Å². The van der Waals surface area contributed by atoms with Gasteiger partial charge in [0.05, 0.1) is 25.0 Å². The van der Waals surface area contributed by atoms with Gasteiger partial charge in [-0.25, -0.2) is 4.68 Å². The van der Waals surface area contributed by atoms with Crippen LogP contribution in [-0.2, 0) is 11.3 Å². The molecular formula is C23H27N3O3. The molecule has 3 aromatic rings. The summed E-state index contributed by atoms with van der Waals surface area (Å²) in [5.41, 5.74) is 2.82. The molecule has 0 aliphatic carbocycles. The molecule has 0 saturated heterocycles. The number of para-hydroxylation sites is 1.